The lowest BCUT2D eigenvalue weighted by atomic mass is 9.95. The zero-order valence-electron chi connectivity index (χ0n) is 16.8. The summed E-state index contributed by atoms with van der Waals surface area (Å²) in [5, 5.41) is 6.05. The fourth-order valence-electron chi connectivity index (χ4n) is 3.91. The van der Waals surface area contributed by atoms with Crippen molar-refractivity contribution in [3.8, 4) is 0 Å². The first-order chi connectivity index (χ1) is 15.3. The Bertz CT molecular complexity index is 1030. The average Bonchev–Trinajstić information content (AvgIpc) is 3.15. The molecule has 0 aromatic heterocycles. The summed E-state index contributed by atoms with van der Waals surface area (Å²) in [6, 6.07) is 22.7. The van der Waals surface area contributed by atoms with E-state index in [9.17, 15) is 22.4 Å². The molecule has 0 bridgehead atoms. The Balaban J connectivity index is 1.78. The van der Waals surface area contributed by atoms with E-state index in [4.69, 9.17) is 4.74 Å². The molecule has 0 spiro atoms. The zero-order chi connectivity index (χ0) is 22.8. The lowest BCUT2D eigenvalue weighted by Crippen LogP contribution is -2.56. The summed E-state index contributed by atoms with van der Waals surface area (Å²) < 4.78 is 58.8. The van der Waals surface area contributed by atoms with E-state index in [-0.39, 0.29) is 12.0 Å². The molecular formula is C24H20F4N2O2. The van der Waals surface area contributed by atoms with Crippen LogP contribution in [0.25, 0.3) is 0 Å². The number of rotatable bonds is 5. The molecule has 1 aliphatic rings. The predicted octanol–water partition coefficient (Wildman–Crippen LogP) is 4.80. The molecule has 1 heterocycles. The van der Waals surface area contributed by atoms with Crippen LogP contribution in [-0.2, 0) is 16.0 Å². The molecule has 8 heteroatoms. The number of hydrogen-bond acceptors (Lipinski definition) is 4. The molecule has 32 heavy (non-hydrogen) atoms. The predicted molar refractivity (Wildman–Crippen MR) is 110 cm³/mol. The van der Waals surface area contributed by atoms with Gasteiger partial charge in [-0.2, -0.15) is 13.2 Å². The number of benzene rings is 3. The van der Waals surface area contributed by atoms with E-state index in [0.717, 1.165) is 11.1 Å². The van der Waals surface area contributed by atoms with Crippen molar-refractivity contribution < 1.29 is 27.1 Å². The fourth-order valence-corrected chi connectivity index (χ4v) is 3.91. The Morgan fingerprint density at radius 3 is 1.75 bits per heavy atom. The first-order valence-electron chi connectivity index (χ1n) is 9.96. The third kappa shape index (κ3) is 4.66. The summed E-state index contributed by atoms with van der Waals surface area (Å²) in [7, 11) is 0. The van der Waals surface area contributed by atoms with Crippen molar-refractivity contribution in [2.75, 3.05) is 0 Å². The monoisotopic (exact) mass is 444 g/mol. The molecule has 2 N–H and O–H groups in total. The van der Waals surface area contributed by atoms with Gasteiger partial charge in [0.1, 0.15) is 5.82 Å². The van der Waals surface area contributed by atoms with Crippen LogP contribution in [-0.4, -0.2) is 18.0 Å². The summed E-state index contributed by atoms with van der Waals surface area (Å²) in [6.07, 6.45) is -5.56. The smallest absolute Gasteiger partial charge is 0.423 e. The van der Waals surface area contributed by atoms with E-state index in [1.807, 2.05) is 36.4 Å². The topological polar surface area (TPSA) is 50.4 Å². The number of halogens is 4. The van der Waals surface area contributed by atoms with Crippen LogP contribution in [0.4, 0.5) is 17.6 Å². The molecule has 1 fully saturated rings. The van der Waals surface area contributed by atoms with Gasteiger partial charge in [0.25, 0.3) is 0 Å². The van der Waals surface area contributed by atoms with Crippen LogP contribution in [0, 0.1) is 5.82 Å². The van der Waals surface area contributed by atoms with Gasteiger partial charge in [-0.15, -0.1) is 0 Å². The van der Waals surface area contributed by atoms with Gasteiger partial charge in [-0.3, -0.25) is 10.6 Å². The summed E-state index contributed by atoms with van der Waals surface area (Å²) in [6.45, 7) is 0. The molecule has 2 unspecified atom stereocenters. The first kappa shape index (κ1) is 22.0. The Hall–Kier alpha value is -3.23. The molecule has 4 rings (SSSR count). The second kappa shape index (κ2) is 8.72. The number of carbonyl (C=O) groups excluding carboxylic acids is 1. The van der Waals surface area contributed by atoms with Gasteiger partial charge < -0.3 is 4.74 Å². The maximum absolute atomic E-state index is 14.4. The van der Waals surface area contributed by atoms with Crippen LogP contribution in [0.5, 0.6) is 0 Å². The summed E-state index contributed by atoms with van der Waals surface area (Å²) >= 11 is 0. The maximum Gasteiger partial charge on any atom is 0.491 e. The molecule has 166 valence electrons. The minimum atomic E-state index is -5.21. The minimum Gasteiger partial charge on any atom is -0.423 e. The minimum absolute atomic E-state index is 0.1000. The van der Waals surface area contributed by atoms with Crippen LogP contribution in [0.3, 0.4) is 0 Å². The van der Waals surface area contributed by atoms with Crippen molar-refractivity contribution in [3.63, 3.8) is 0 Å². The van der Waals surface area contributed by atoms with E-state index in [0.29, 0.717) is 0 Å². The number of alkyl halides is 3. The number of hydrogen-bond donors (Lipinski definition) is 2. The van der Waals surface area contributed by atoms with Gasteiger partial charge in [0.15, 0.2) is 0 Å². The van der Waals surface area contributed by atoms with E-state index in [1.165, 1.54) is 18.2 Å². The number of ether oxygens (including phenoxy) is 1. The summed E-state index contributed by atoms with van der Waals surface area (Å²) in [4.78, 5) is 11.9. The van der Waals surface area contributed by atoms with Crippen molar-refractivity contribution in [1.29, 1.82) is 0 Å². The van der Waals surface area contributed by atoms with Crippen molar-refractivity contribution in [2.24, 2.45) is 0 Å². The SMILES string of the molecule is O=C(OC1(Cc2ccccc2F)NC(c2ccccc2)C(c2ccccc2)N1)C(F)(F)F. The molecule has 4 nitrogen and oxygen atoms in total. The quantitative estimate of drug-likeness (QED) is 0.438. The van der Waals surface area contributed by atoms with Crippen molar-refractivity contribution in [2.45, 2.75) is 30.5 Å². The van der Waals surface area contributed by atoms with Gasteiger partial charge >= 0.3 is 12.1 Å². The normalized spacial score (nSPS) is 23.1. The second-order valence-corrected chi connectivity index (χ2v) is 7.55. The maximum atomic E-state index is 14.4. The van der Waals surface area contributed by atoms with Gasteiger partial charge in [0.05, 0.1) is 12.1 Å². The molecule has 2 atom stereocenters. The molecule has 0 radical (unpaired) electrons. The van der Waals surface area contributed by atoms with Gasteiger partial charge in [0, 0.05) is 6.42 Å². The molecule has 0 aliphatic carbocycles. The fraction of sp³-hybridized carbons (Fsp3) is 0.208. The molecule has 0 amide bonds. The lowest BCUT2D eigenvalue weighted by molar-refractivity contribution is -0.218. The molecular weight excluding hydrogens is 424 g/mol. The highest BCUT2D eigenvalue weighted by Gasteiger charge is 2.53. The second-order valence-electron chi connectivity index (χ2n) is 7.55. The highest BCUT2D eigenvalue weighted by atomic mass is 19.4. The van der Waals surface area contributed by atoms with E-state index < -0.39 is 35.9 Å². The van der Waals surface area contributed by atoms with Crippen LogP contribution in [0.1, 0.15) is 28.8 Å². The molecule has 1 saturated heterocycles. The first-order valence-corrected chi connectivity index (χ1v) is 9.96. The Labute approximate surface area is 182 Å². The number of carbonyl (C=O) groups is 1. The highest BCUT2D eigenvalue weighted by molar-refractivity contribution is 5.76. The largest absolute Gasteiger partial charge is 0.491 e. The third-order valence-corrected chi connectivity index (χ3v) is 5.32. The van der Waals surface area contributed by atoms with E-state index in [2.05, 4.69) is 10.6 Å². The summed E-state index contributed by atoms with van der Waals surface area (Å²) in [5.41, 5.74) is 1.64. The Morgan fingerprint density at radius 1 is 0.812 bits per heavy atom. The van der Waals surface area contributed by atoms with E-state index >= 15 is 0 Å². The van der Waals surface area contributed by atoms with Crippen molar-refractivity contribution in [1.82, 2.24) is 10.6 Å². The van der Waals surface area contributed by atoms with Crippen LogP contribution >= 0.6 is 0 Å². The third-order valence-electron chi connectivity index (χ3n) is 5.32. The van der Waals surface area contributed by atoms with E-state index in [1.54, 1.807) is 30.3 Å². The molecule has 3 aromatic rings. The number of nitrogens with one attached hydrogen (secondary N) is 2. The van der Waals surface area contributed by atoms with Crippen LogP contribution < -0.4 is 10.6 Å². The van der Waals surface area contributed by atoms with Gasteiger partial charge in [-0.25, -0.2) is 9.18 Å². The molecule has 0 saturated carbocycles. The highest BCUT2D eigenvalue weighted by Crippen LogP contribution is 2.39. The summed E-state index contributed by atoms with van der Waals surface area (Å²) in [5.74, 6) is -4.97. The average molecular weight is 444 g/mol. The van der Waals surface area contributed by atoms with Gasteiger partial charge in [-0.1, -0.05) is 78.9 Å². The van der Waals surface area contributed by atoms with Crippen LogP contribution in [0.2, 0.25) is 0 Å². The Morgan fingerprint density at radius 2 is 1.28 bits per heavy atom. The molecule has 1 aliphatic heterocycles. The van der Waals surface area contributed by atoms with Crippen LogP contribution in [0.15, 0.2) is 84.9 Å². The van der Waals surface area contributed by atoms with Gasteiger partial charge in [0.2, 0.25) is 5.85 Å². The number of esters is 1. The lowest BCUT2D eigenvalue weighted by Gasteiger charge is -2.31. The van der Waals surface area contributed by atoms with Crippen molar-refractivity contribution in [3.05, 3.63) is 107 Å². The van der Waals surface area contributed by atoms with Gasteiger partial charge in [-0.05, 0) is 22.8 Å². The molecule has 3 aromatic carbocycles. The zero-order valence-corrected chi connectivity index (χ0v) is 16.8. The Kier molecular flexibility index (Phi) is 5.99. The van der Waals surface area contributed by atoms with Crippen molar-refractivity contribution >= 4 is 5.97 Å². The standard InChI is InChI=1S/C24H20F4N2O2/c25-19-14-8-7-13-18(19)15-23(32-22(31)24(26,27)28)29-20(16-9-3-1-4-10-16)21(30-23)17-11-5-2-6-12-17/h1-14,20-21,29-30H,15H2.